The first kappa shape index (κ1) is 38.8. The minimum atomic E-state index is -2.88. The molecule has 6 fully saturated rings. The lowest BCUT2D eigenvalue weighted by Crippen LogP contribution is -2.55. The van der Waals surface area contributed by atoms with Crippen LogP contribution in [0.1, 0.15) is 108 Å². The summed E-state index contributed by atoms with van der Waals surface area (Å²) in [6.07, 6.45) is 8.95. The van der Waals surface area contributed by atoms with Crippen LogP contribution in [0.4, 0.5) is 26.0 Å². The summed E-state index contributed by atoms with van der Waals surface area (Å²) in [6.45, 7) is 3.93. The van der Waals surface area contributed by atoms with Crippen molar-refractivity contribution < 1.29 is 32.7 Å². The minimum Gasteiger partial charge on any atom is -0.374 e. The molecule has 7 aliphatic rings. The average molecular weight is 856 g/mol. The van der Waals surface area contributed by atoms with Gasteiger partial charge in [-0.3, -0.25) is 34.1 Å². The van der Waals surface area contributed by atoms with E-state index < -0.39 is 35.3 Å². The van der Waals surface area contributed by atoms with E-state index in [1.807, 2.05) is 12.1 Å². The van der Waals surface area contributed by atoms with Crippen molar-refractivity contribution in [1.29, 1.82) is 0 Å². The summed E-state index contributed by atoms with van der Waals surface area (Å²) in [4.78, 5) is 65.1. The van der Waals surface area contributed by atoms with Gasteiger partial charge in [0.25, 0.3) is 18.2 Å². The average Bonchev–Trinajstić information content (AvgIpc) is 4.11. The Morgan fingerprint density at radius 2 is 1.75 bits per heavy atom. The predicted molar refractivity (Wildman–Crippen MR) is 221 cm³/mol. The van der Waals surface area contributed by atoms with Gasteiger partial charge in [-0.2, -0.15) is 5.10 Å². The number of carbonyl (C=O) groups is 4. The molecule has 9 heterocycles. The summed E-state index contributed by atoms with van der Waals surface area (Å²) in [7, 11) is 0. The molecule has 11 rings (SSSR count). The molecule has 1 saturated carbocycles. The van der Waals surface area contributed by atoms with Crippen LogP contribution in [-0.2, 0) is 14.3 Å². The van der Waals surface area contributed by atoms with Crippen molar-refractivity contribution in [3.63, 3.8) is 0 Å². The van der Waals surface area contributed by atoms with Gasteiger partial charge in [0.05, 0.1) is 30.5 Å². The van der Waals surface area contributed by atoms with E-state index in [-0.39, 0.29) is 54.1 Å². The largest absolute Gasteiger partial charge is 0.374 e. The molecule has 5 saturated heterocycles. The van der Waals surface area contributed by atoms with E-state index in [2.05, 4.69) is 46.6 Å². The number of rotatable bonds is 9. The molecule has 0 spiro atoms. The van der Waals surface area contributed by atoms with Gasteiger partial charge in [0.1, 0.15) is 17.0 Å². The molecule has 3 aromatic heterocycles. The van der Waals surface area contributed by atoms with Crippen LogP contribution in [-0.4, -0.2) is 121 Å². The fraction of sp³-hybridized carbons (Fsp3) is 0.548. The number of alkyl halides is 2. The van der Waals surface area contributed by atoms with E-state index in [1.54, 1.807) is 33.9 Å². The lowest BCUT2D eigenvalue weighted by atomic mass is 9.85. The van der Waals surface area contributed by atoms with Crippen molar-refractivity contribution in [1.82, 2.24) is 39.5 Å². The van der Waals surface area contributed by atoms with Crippen LogP contribution < -0.4 is 20.4 Å². The Bertz CT molecular complexity index is 2420. The van der Waals surface area contributed by atoms with Gasteiger partial charge in [-0.05, 0) is 81.0 Å². The molecule has 4 aromatic rings. The third-order valence-electron chi connectivity index (χ3n) is 14.1. The highest BCUT2D eigenvalue weighted by Gasteiger charge is 2.46. The van der Waals surface area contributed by atoms with E-state index >= 15 is 0 Å². The number of likely N-dealkylation sites (tertiary alicyclic amines) is 1. The van der Waals surface area contributed by atoms with Gasteiger partial charge >= 0.3 is 0 Å². The zero-order chi connectivity index (χ0) is 41.7. The van der Waals surface area contributed by atoms with Crippen molar-refractivity contribution in [3.8, 4) is 0 Å². The molecule has 0 unspecified atom stereocenters. The summed E-state index contributed by atoms with van der Waals surface area (Å²) in [5, 5.41) is 13.6. The first-order valence-corrected chi connectivity index (χ1v) is 22.0. The number of piperazine rings is 1. The van der Waals surface area contributed by atoms with Crippen LogP contribution in [0.2, 0.25) is 0 Å². The maximum atomic E-state index is 14.5. The van der Waals surface area contributed by atoms with Crippen LogP contribution >= 0.6 is 12.6 Å². The van der Waals surface area contributed by atoms with Gasteiger partial charge < -0.3 is 24.8 Å². The zero-order valence-corrected chi connectivity index (χ0v) is 34.3. The molecule has 0 radical (unpaired) electrons. The lowest BCUT2D eigenvalue weighted by Gasteiger charge is -2.44. The molecule has 6 aliphatic heterocycles. The molecule has 19 heteroatoms. The number of aromatic nitrogens is 5. The Balaban J connectivity index is 0.727. The van der Waals surface area contributed by atoms with Gasteiger partial charge in [0, 0.05) is 74.5 Å². The van der Waals surface area contributed by atoms with Crippen molar-refractivity contribution >= 4 is 59.1 Å². The number of fused-ring (bicyclic) bond motifs is 6. The highest BCUT2D eigenvalue weighted by Crippen LogP contribution is 2.44. The third kappa shape index (κ3) is 6.65. The summed E-state index contributed by atoms with van der Waals surface area (Å²) >= 11 is 4.74. The van der Waals surface area contributed by atoms with Crippen LogP contribution in [0.15, 0.2) is 42.9 Å². The van der Waals surface area contributed by atoms with Crippen molar-refractivity contribution in [3.05, 3.63) is 65.2 Å². The summed E-state index contributed by atoms with van der Waals surface area (Å²) in [6, 6.07) is 7.62. The fourth-order valence-corrected chi connectivity index (χ4v) is 11.8. The van der Waals surface area contributed by atoms with Gasteiger partial charge in [-0.25, -0.2) is 18.3 Å². The van der Waals surface area contributed by atoms with Crippen LogP contribution in [0.3, 0.4) is 0 Å². The Kier molecular flexibility index (Phi) is 9.56. The fourth-order valence-electron chi connectivity index (χ4n) is 11.3. The van der Waals surface area contributed by atoms with Crippen LogP contribution in [0, 0.1) is 5.92 Å². The normalized spacial score (nSPS) is 30.0. The number of morpholine rings is 1. The molecular weight excluding hydrogens is 809 g/mol. The number of nitrogens with zero attached hydrogens (tertiary/aromatic N) is 9. The number of hydrogen-bond donors (Lipinski definition) is 3. The number of hydrogen-bond acceptors (Lipinski definition) is 12. The van der Waals surface area contributed by atoms with E-state index in [0.717, 1.165) is 75.8 Å². The SMILES string of the molecule is O=C1CC[C@@H](N2C(=O)c3cc(N4[C@@H]5CC[C@@H]4CN(CC4CCC(n6cc(NC(=O)c7c(N8C[C@H]9C[C@@H]8CO9)nn8cccnc78)c(C(F)F)n6)CC4)C5)ccc3[C@H]2S)C(=O)N1. The lowest BCUT2D eigenvalue weighted by molar-refractivity contribution is -0.137. The van der Waals surface area contributed by atoms with Crippen molar-refractivity contribution in [2.75, 3.05) is 47.9 Å². The number of piperidine rings is 1. The number of ether oxygens (including phenoxy) is 1. The standard InChI is InChI=1S/C42H47F2N11O5S/c43-36(44)35-31(46-40(58)34-37-45-12-1-13-52(37)49-38(34)51-19-28-14-27(51)21-60-28)20-53(48-35)23-4-2-22(3-5-23)16-50-17-25-6-7-26(18-50)54(25)24-8-9-29-30(15-24)41(59)55(42(29)61)32-10-11-33(56)47-39(32)57/h1,8-9,12-13,15,20,22-23,25-28,32,36,42,61H,2-7,10-11,14,16-19,21H2,(H,46,58)(H,47,56,57)/t22?,23?,25-,26-,27-,28-,32-,42-/m1/s1. The topological polar surface area (TPSA) is 163 Å². The Morgan fingerprint density at radius 3 is 2.48 bits per heavy atom. The molecule has 320 valence electrons. The molecule has 61 heavy (non-hydrogen) atoms. The number of thiol groups is 1. The number of benzene rings is 1. The van der Waals surface area contributed by atoms with Crippen molar-refractivity contribution in [2.45, 2.75) is 106 Å². The van der Waals surface area contributed by atoms with E-state index in [9.17, 15) is 28.0 Å². The predicted octanol–water partition coefficient (Wildman–Crippen LogP) is 4.37. The molecule has 6 atom stereocenters. The molecule has 4 bridgehead atoms. The van der Waals surface area contributed by atoms with Gasteiger partial charge in [0.15, 0.2) is 17.2 Å². The highest BCUT2D eigenvalue weighted by atomic mass is 32.1. The van der Waals surface area contributed by atoms with Crippen LogP contribution in [0.5, 0.6) is 0 Å². The maximum absolute atomic E-state index is 14.5. The van der Waals surface area contributed by atoms with Gasteiger partial charge in [0.2, 0.25) is 11.8 Å². The minimum absolute atomic E-state index is 0.00667. The highest BCUT2D eigenvalue weighted by molar-refractivity contribution is 7.80. The molecule has 1 aliphatic carbocycles. The van der Waals surface area contributed by atoms with Crippen molar-refractivity contribution in [2.24, 2.45) is 5.92 Å². The zero-order valence-electron chi connectivity index (χ0n) is 33.4. The first-order valence-electron chi connectivity index (χ1n) is 21.5. The second kappa shape index (κ2) is 15.0. The third-order valence-corrected chi connectivity index (χ3v) is 14.7. The number of imide groups is 1. The number of nitrogens with one attached hydrogen (secondary N) is 2. The van der Waals surface area contributed by atoms with E-state index in [0.29, 0.717) is 48.2 Å². The Morgan fingerprint density at radius 1 is 0.967 bits per heavy atom. The number of halogens is 2. The second-order valence-electron chi connectivity index (χ2n) is 17.8. The quantitative estimate of drug-likeness (QED) is 0.162. The maximum Gasteiger partial charge on any atom is 0.284 e. The number of anilines is 3. The summed E-state index contributed by atoms with van der Waals surface area (Å²) in [5.41, 5.74) is 2.48. The van der Waals surface area contributed by atoms with E-state index in [4.69, 9.17) is 17.4 Å². The molecule has 2 N–H and O–H groups in total. The summed E-state index contributed by atoms with van der Waals surface area (Å²) in [5.74, 6) is -0.634. The Hall–Kier alpha value is -5.14. The van der Waals surface area contributed by atoms with Crippen LogP contribution in [0.25, 0.3) is 5.65 Å². The number of amides is 4. The first-order chi connectivity index (χ1) is 29.6. The molecule has 16 nitrogen and oxygen atoms in total. The Labute approximate surface area is 355 Å². The molecular formula is C42H47F2N11O5S. The number of carbonyl (C=O) groups excluding carboxylic acids is 4. The van der Waals surface area contributed by atoms with Gasteiger partial charge in [-0.15, -0.1) is 17.7 Å². The second-order valence-corrected chi connectivity index (χ2v) is 18.2. The smallest absolute Gasteiger partial charge is 0.284 e. The monoisotopic (exact) mass is 855 g/mol. The summed E-state index contributed by atoms with van der Waals surface area (Å²) < 4.78 is 37.9. The van der Waals surface area contributed by atoms with E-state index in [1.165, 1.54) is 4.90 Å². The van der Waals surface area contributed by atoms with Gasteiger partial charge in [-0.1, -0.05) is 6.07 Å². The molecule has 4 amide bonds. The molecule has 1 aromatic carbocycles.